The lowest BCUT2D eigenvalue weighted by Gasteiger charge is -2.09. The van der Waals surface area contributed by atoms with Crippen LogP contribution in [0.1, 0.15) is 20.8 Å². The van der Waals surface area contributed by atoms with Gasteiger partial charge in [-0.05, 0) is 48.2 Å². The fourth-order valence-corrected chi connectivity index (χ4v) is 6.54. The Morgan fingerprint density at radius 2 is 1.51 bits per heavy atom. The predicted molar refractivity (Wildman–Crippen MR) is 151 cm³/mol. The number of benzene rings is 4. The Hall–Kier alpha value is -4.33. The van der Waals surface area contributed by atoms with Crippen LogP contribution in [-0.2, 0) is 7.05 Å². The topological polar surface area (TPSA) is 27.7 Å². The highest BCUT2D eigenvalue weighted by atomic mass is 32.1. The van der Waals surface area contributed by atoms with Crippen molar-refractivity contribution < 1.29 is 13.1 Å². The molecule has 0 radical (unpaired) electrons. The molecular formula is C33H24FN2S+. The standard InChI is InChI=1S/C33H24FN2S/c1-20-12-14-26-27-15-13-25(18-35)31(24-11-7-10-23(16-24)22-8-5-4-6-9-22)33(27)37-32(26)30(20)29-17-28(34)21(2)19-36(29)3/h4-17,19H,1-3H3/q+1/i2D3. The second-order valence-electron chi connectivity index (χ2n) is 9.19. The fraction of sp³-hybridized carbons (Fsp3) is 0.0909. The van der Waals surface area contributed by atoms with Gasteiger partial charge < -0.3 is 0 Å². The molecule has 0 fully saturated rings. The quantitative estimate of drug-likeness (QED) is 0.223. The molecule has 4 aromatic carbocycles. The highest BCUT2D eigenvalue weighted by Gasteiger charge is 2.23. The normalized spacial score (nSPS) is 12.8. The van der Waals surface area contributed by atoms with Crippen LogP contribution in [0.2, 0.25) is 0 Å². The average molecular weight is 503 g/mol. The molecule has 37 heavy (non-hydrogen) atoms. The Kier molecular flexibility index (Phi) is 4.80. The van der Waals surface area contributed by atoms with Gasteiger partial charge in [0, 0.05) is 41.5 Å². The van der Waals surface area contributed by atoms with Gasteiger partial charge in [0.25, 0.3) is 0 Å². The van der Waals surface area contributed by atoms with Crippen molar-refractivity contribution in [1.29, 1.82) is 5.26 Å². The van der Waals surface area contributed by atoms with Gasteiger partial charge in [-0.2, -0.15) is 5.26 Å². The number of hydrogen-bond acceptors (Lipinski definition) is 2. The molecule has 0 saturated heterocycles. The van der Waals surface area contributed by atoms with Crippen molar-refractivity contribution in [1.82, 2.24) is 0 Å². The van der Waals surface area contributed by atoms with Gasteiger partial charge >= 0.3 is 0 Å². The summed E-state index contributed by atoms with van der Waals surface area (Å²) in [6.07, 6.45) is 1.36. The number of thiophene rings is 1. The van der Waals surface area contributed by atoms with E-state index in [0.29, 0.717) is 11.3 Å². The van der Waals surface area contributed by atoms with Crippen molar-refractivity contribution in [3.05, 3.63) is 114 Å². The Bertz CT molecular complexity index is 1990. The zero-order valence-corrected chi connectivity index (χ0v) is 21.2. The number of fused-ring (bicyclic) bond motifs is 3. The van der Waals surface area contributed by atoms with E-state index in [1.165, 1.54) is 12.3 Å². The Morgan fingerprint density at radius 1 is 0.811 bits per heavy atom. The molecule has 0 atom stereocenters. The summed E-state index contributed by atoms with van der Waals surface area (Å²) in [7, 11) is 1.74. The van der Waals surface area contributed by atoms with Gasteiger partial charge in [-0.3, -0.25) is 0 Å². The van der Waals surface area contributed by atoms with Gasteiger partial charge in [0.1, 0.15) is 12.9 Å². The minimum atomic E-state index is -2.55. The van der Waals surface area contributed by atoms with Gasteiger partial charge in [-0.15, -0.1) is 11.3 Å². The van der Waals surface area contributed by atoms with Crippen LogP contribution < -0.4 is 4.57 Å². The van der Waals surface area contributed by atoms with Gasteiger partial charge in [0.05, 0.1) is 17.2 Å². The molecule has 2 nitrogen and oxygen atoms in total. The Morgan fingerprint density at radius 3 is 2.27 bits per heavy atom. The molecular weight excluding hydrogens is 475 g/mol. The second kappa shape index (κ2) is 8.96. The number of halogens is 1. The zero-order valence-electron chi connectivity index (χ0n) is 23.3. The van der Waals surface area contributed by atoms with E-state index >= 15 is 4.39 Å². The molecule has 0 aliphatic rings. The molecule has 6 aromatic rings. The van der Waals surface area contributed by atoms with E-state index in [2.05, 4.69) is 36.4 Å². The summed E-state index contributed by atoms with van der Waals surface area (Å²) in [5.41, 5.74) is 6.65. The molecule has 2 heterocycles. The third-order valence-electron chi connectivity index (χ3n) is 6.88. The van der Waals surface area contributed by atoms with Crippen molar-refractivity contribution in [3.63, 3.8) is 0 Å². The summed E-state index contributed by atoms with van der Waals surface area (Å²) in [6.45, 7) is -0.574. The second-order valence-corrected chi connectivity index (χ2v) is 10.2. The van der Waals surface area contributed by atoms with Crippen molar-refractivity contribution in [2.45, 2.75) is 13.8 Å². The molecule has 0 unspecified atom stereocenters. The number of pyridine rings is 1. The molecule has 0 aliphatic carbocycles. The van der Waals surface area contributed by atoms with Crippen LogP contribution >= 0.6 is 11.3 Å². The maximum Gasteiger partial charge on any atom is 0.216 e. The number of aromatic nitrogens is 1. The van der Waals surface area contributed by atoms with Gasteiger partial charge in [-0.25, -0.2) is 8.96 Å². The minimum absolute atomic E-state index is 0.306. The highest BCUT2D eigenvalue weighted by Crippen LogP contribution is 2.46. The molecule has 4 heteroatoms. The number of nitriles is 1. The Balaban J connectivity index is 1.63. The molecule has 0 amide bonds. The van der Waals surface area contributed by atoms with Crippen molar-refractivity contribution in [2.24, 2.45) is 7.05 Å². The molecule has 178 valence electrons. The summed E-state index contributed by atoms with van der Waals surface area (Å²) >= 11 is 1.58. The summed E-state index contributed by atoms with van der Waals surface area (Å²) in [4.78, 5) is 0. The molecule has 0 bridgehead atoms. The number of aryl methyl sites for hydroxylation is 3. The lowest BCUT2D eigenvalue weighted by molar-refractivity contribution is -0.660. The zero-order chi connectivity index (χ0) is 28.2. The third kappa shape index (κ3) is 3.80. The monoisotopic (exact) mass is 502 g/mol. The molecule has 0 aliphatic heterocycles. The van der Waals surface area contributed by atoms with Crippen LogP contribution in [0.4, 0.5) is 4.39 Å². The van der Waals surface area contributed by atoms with Gasteiger partial charge in [-0.1, -0.05) is 66.7 Å². The molecule has 0 saturated carbocycles. The first-order valence-electron chi connectivity index (χ1n) is 13.4. The van der Waals surface area contributed by atoms with Crippen LogP contribution in [0.5, 0.6) is 0 Å². The predicted octanol–water partition coefficient (Wildman–Crippen LogP) is 8.51. The first kappa shape index (κ1) is 19.8. The summed E-state index contributed by atoms with van der Waals surface area (Å²) in [6, 6.07) is 30.0. The van der Waals surface area contributed by atoms with Crippen LogP contribution in [-0.4, -0.2) is 0 Å². The fourth-order valence-electron chi connectivity index (χ4n) is 5.06. The van der Waals surface area contributed by atoms with E-state index in [4.69, 9.17) is 4.11 Å². The highest BCUT2D eigenvalue weighted by molar-refractivity contribution is 7.27. The Labute approximate surface area is 223 Å². The van der Waals surface area contributed by atoms with Gasteiger partial charge in [0.2, 0.25) is 5.69 Å². The van der Waals surface area contributed by atoms with E-state index < -0.39 is 12.7 Å². The molecule has 0 N–H and O–H groups in total. The lowest BCUT2D eigenvalue weighted by atomic mass is 9.94. The van der Waals surface area contributed by atoms with Crippen LogP contribution in [0.3, 0.4) is 0 Å². The summed E-state index contributed by atoms with van der Waals surface area (Å²) in [5, 5.41) is 12.1. The minimum Gasteiger partial charge on any atom is -0.206 e. The smallest absolute Gasteiger partial charge is 0.206 e. The van der Waals surface area contributed by atoms with E-state index in [9.17, 15) is 5.26 Å². The van der Waals surface area contributed by atoms with Crippen LogP contribution in [0.15, 0.2) is 91.1 Å². The average Bonchev–Trinajstić information content (AvgIpc) is 3.32. The van der Waals surface area contributed by atoms with E-state index in [-0.39, 0.29) is 5.56 Å². The van der Waals surface area contributed by atoms with E-state index in [1.54, 1.807) is 23.0 Å². The van der Waals surface area contributed by atoms with E-state index in [1.807, 2.05) is 55.5 Å². The maximum absolute atomic E-state index is 15.1. The SMILES string of the molecule is [2H]C([2H])([2H])c1c[n+](C)c(-c2c(C)ccc3c2sc2c(-c4cccc(-c5ccccc5)c4)c(C#N)ccc23)cc1F. The first-order chi connectivity index (χ1) is 19.2. The summed E-state index contributed by atoms with van der Waals surface area (Å²) < 4.78 is 41.8. The number of rotatable bonds is 3. The van der Waals surface area contributed by atoms with Crippen LogP contribution in [0, 0.1) is 30.9 Å². The number of nitrogens with zero attached hydrogens (tertiary/aromatic N) is 2. The van der Waals surface area contributed by atoms with Crippen molar-refractivity contribution >= 4 is 31.5 Å². The van der Waals surface area contributed by atoms with E-state index in [0.717, 1.165) is 53.6 Å². The lowest BCUT2D eigenvalue weighted by Crippen LogP contribution is -2.31. The molecule has 6 rings (SSSR count). The molecule has 2 aromatic heterocycles. The molecule has 0 spiro atoms. The number of hydrogen-bond donors (Lipinski definition) is 0. The first-order valence-corrected chi connectivity index (χ1v) is 12.7. The summed E-state index contributed by atoms with van der Waals surface area (Å²) in [5.74, 6) is -0.754. The van der Waals surface area contributed by atoms with Crippen LogP contribution in [0.25, 0.3) is 53.7 Å². The largest absolute Gasteiger partial charge is 0.216 e. The van der Waals surface area contributed by atoms with Crippen molar-refractivity contribution in [2.75, 3.05) is 0 Å². The van der Waals surface area contributed by atoms with Crippen molar-refractivity contribution in [3.8, 4) is 39.6 Å². The van der Waals surface area contributed by atoms with Gasteiger partial charge in [0.15, 0.2) is 6.20 Å². The maximum atomic E-state index is 15.1. The third-order valence-corrected chi connectivity index (χ3v) is 8.13.